The minimum atomic E-state index is -0.0730. The van der Waals surface area contributed by atoms with Crippen LogP contribution in [-0.2, 0) is 11.3 Å². The second-order valence-electron chi connectivity index (χ2n) is 3.82. The van der Waals surface area contributed by atoms with Gasteiger partial charge in [-0.15, -0.1) is 0 Å². The summed E-state index contributed by atoms with van der Waals surface area (Å²) in [6, 6.07) is 11.3. The van der Waals surface area contributed by atoms with Gasteiger partial charge in [0.2, 0.25) is 5.91 Å². The van der Waals surface area contributed by atoms with Crippen LogP contribution in [-0.4, -0.2) is 5.91 Å². The van der Waals surface area contributed by atoms with Crippen molar-refractivity contribution in [3.63, 3.8) is 0 Å². The van der Waals surface area contributed by atoms with E-state index in [1.54, 1.807) is 0 Å². The highest BCUT2D eigenvalue weighted by molar-refractivity contribution is 9.10. The smallest absolute Gasteiger partial charge is 0.221 e. The van der Waals surface area contributed by atoms with E-state index in [1.807, 2.05) is 36.4 Å². The number of halogens is 1. The first-order valence-corrected chi connectivity index (χ1v) is 6.28. The SMILES string of the molecule is CC(=O)Nc1ccc(NCc2ccc(Br)o2)cc1. The lowest BCUT2D eigenvalue weighted by Crippen LogP contribution is -2.05. The molecule has 0 saturated carbocycles. The fraction of sp³-hybridized carbons (Fsp3) is 0.154. The Morgan fingerprint density at radius 1 is 1.17 bits per heavy atom. The van der Waals surface area contributed by atoms with Crippen molar-refractivity contribution in [2.75, 3.05) is 10.6 Å². The lowest BCUT2D eigenvalue weighted by Gasteiger charge is -2.06. The van der Waals surface area contributed by atoms with Crippen molar-refractivity contribution in [1.29, 1.82) is 0 Å². The number of amides is 1. The number of carbonyl (C=O) groups is 1. The van der Waals surface area contributed by atoms with Crippen LogP contribution in [0.1, 0.15) is 12.7 Å². The third-order valence-corrected chi connectivity index (χ3v) is 2.73. The molecule has 0 aliphatic rings. The van der Waals surface area contributed by atoms with Crippen LogP contribution < -0.4 is 10.6 Å². The minimum absolute atomic E-state index is 0.0730. The Bertz CT molecular complexity index is 534. The Labute approximate surface area is 114 Å². The van der Waals surface area contributed by atoms with Gasteiger partial charge in [-0.2, -0.15) is 0 Å². The molecular weight excluding hydrogens is 296 g/mol. The van der Waals surface area contributed by atoms with Crippen molar-refractivity contribution < 1.29 is 9.21 Å². The summed E-state index contributed by atoms with van der Waals surface area (Å²) >= 11 is 3.26. The predicted molar refractivity (Wildman–Crippen MR) is 74.5 cm³/mol. The molecule has 1 amide bonds. The summed E-state index contributed by atoms with van der Waals surface area (Å²) in [4.78, 5) is 10.9. The topological polar surface area (TPSA) is 54.3 Å². The average molecular weight is 309 g/mol. The highest BCUT2D eigenvalue weighted by atomic mass is 79.9. The highest BCUT2D eigenvalue weighted by Crippen LogP contribution is 2.17. The molecule has 0 aliphatic carbocycles. The number of rotatable bonds is 4. The van der Waals surface area contributed by atoms with E-state index >= 15 is 0 Å². The Morgan fingerprint density at radius 3 is 2.39 bits per heavy atom. The summed E-state index contributed by atoms with van der Waals surface area (Å²) in [7, 11) is 0. The molecule has 0 fully saturated rings. The second-order valence-corrected chi connectivity index (χ2v) is 4.60. The molecule has 2 aromatic rings. The van der Waals surface area contributed by atoms with Gasteiger partial charge in [-0.25, -0.2) is 0 Å². The first-order chi connectivity index (χ1) is 8.63. The van der Waals surface area contributed by atoms with Crippen LogP contribution in [0, 0.1) is 0 Å². The van der Waals surface area contributed by atoms with E-state index in [-0.39, 0.29) is 5.91 Å². The van der Waals surface area contributed by atoms with Gasteiger partial charge in [-0.1, -0.05) is 0 Å². The molecule has 0 atom stereocenters. The van der Waals surface area contributed by atoms with E-state index in [4.69, 9.17) is 4.42 Å². The Kier molecular flexibility index (Phi) is 4.04. The van der Waals surface area contributed by atoms with Crippen LogP contribution >= 0.6 is 15.9 Å². The zero-order valence-corrected chi connectivity index (χ0v) is 11.5. The molecule has 2 rings (SSSR count). The molecule has 4 nitrogen and oxygen atoms in total. The minimum Gasteiger partial charge on any atom is -0.452 e. The fourth-order valence-corrected chi connectivity index (χ4v) is 1.85. The lowest BCUT2D eigenvalue weighted by molar-refractivity contribution is -0.114. The van der Waals surface area contributed by atoms with Crippen LogP contribution in [0.4, 0.5) is 11.4 Å². The molecule has 1 aromatic heterocycles. The van der Waals surface area contributed by atoms with Crippen LogP contribution in [0.3, 0.4) is 0 Å². The number of benzene rings is 1. The maximum absolute atomic E-state index is 10.9. The Morgan fingerprint density at radius 2 is 1.83 bits per heavy atom. The fourth-order valence-electron chi connectivity index (χ4n) is 1.51. The molecule has 0 radical (unpaired) electrons. The molecular formula is C13H13BrN2O2. The van der Waals surface area contributed by atoms with E-state index in [0.29, 0.717) is 6.54 Å². The molecule has 0 aliphatic heterocycles. The maximum atomic E-state index is 10.9. The van der Waals surface area contributed by atoms with Crippen molar-refractivity contribution in [2.24, 2.45) is 0 Å². The van der Waals surface area contributed by atoms with Crippen LogP contribution in [0.2, 0.25) is 0 Å². The Balaban J connectivity index is 1.92. The van der Waals surface area contributed by atoms with Crippen LogP contribution in [0.5, 0.6) is 0 Å². The summed E-state index contributed by atoms with van der Waals surface area (Å²) in [5.41, 5.74) is 1.76. The number of nitrogens with one attached hydrogen (secondary N) is 2. The van der Waals surface area contributed by atoms with E-state index in [9.17, 15) is 4.79 Å². The molecule has 0 bridgehead atoms. The van der Waals surface area contributed by atoms with Crippen molar-refractivity contribution in [2.45, 2.75) is 13.5 Å². The van der Waals surface area contributed by atoms with Gasteiger partial charge in [0.05, 0.1) is 6.54 Å². The lowest BCUT2D eigenvalue weighted by atomic mass is 10.2. The van der Waals surface area contributed by atoms with E-state index in [2.05, 4.69) is 26.6 Å². The van der Waals surface area contributed by atoms with Crippen molar-refractivity contribution in [1.82, 2.24) is 0 Å². The standard InChI is InChI=1S/C13H13BrN2O2/c1-9(17)16-11-4-2-10(3-5-11)15-8-12-6-7-13(14)18-12/h2-7,15H,8H2,1H3,(H,16,17). The normalized spacial score (nSPS) is 10.1. The summed E-state index contributed by atoms with van der Waals surface area (Å²) in [5.74, 6) is 0.781. The molecule has 0 spiro atoms. The molecule has 0 unspecified atom stereocenters. The molecule has 1 aromatic carbocycles. The zero-order chi connectivity index (χ0) is 13.0. The zero-order valence-electron chi connectivity index (χ0n) is 9.87. The van der Waals surface area contributed by atoms with Crippen molar-refractivity contribution in [3.05, 3.63) is 46.8 Å². The average Bonchev–Trinajstić information content (AvgIpc) is 2.74. The molecule has 2 N–H and O–H groups in total. The molecule has 0 saturated heterocycles. The van der Waals surface area contributed by atoms with Gasteiger partial charge in [-0.05, 0) is 52.3 Å². The van der Waals surface area contributed by atoms with Crippen molar-refractivity contribution >= 4 is 33.2 Å². The largest absolute Gasteiger partial charge is 0.452 e. The first kappa shape index (κ1) is 12.7. The van der Waals surface area contributed by atoms with Gasteiger partial charge < -0.3 is 15.1 Å². The van der Waals surface area contributed by atoms with E-state index in [0.717, 1.165) is 21.8 Å². The van der Waals surface area contributed by atoms with Crippen LogP contribution in [0.15, 0.2) is 45.5 Å². The number of anilines is 2. The number of hydrogen-bond donors (Lipinski definition) is 2. The van der Waals surface area contributed by atoms with E-state index in [1.165, 1.54) is 6.92 Å². The van der Waals surface area contributed by atoms with Gasteiger partial charge in [0.15, 0.2) is 4.67 Å². The third kappa shape index (κ3) is 3.63. The van der Waals surface area contributed by atoms with Crippen molar-refractivity contribution in [3.8, 4) is 0 Å². The number of carbonyl (C=O) groups excluding carboxylic acids is 1. The van der Waals surface area contributed by atoms with Gasteiger partial charge in [0.1, 0.15) is 5.76 Å². The van der Waals surface area contributed by atoms with Crippen LogP contribution in [0.25, 0.3) is 0 Å². The first-order valence-electron chi connectivity index (χ1n) is 5.49. The third-order valence-electron chi connectivity index (χ3n) is 2.30. The number of hydrogen-bond acceptors (Lipinski definition) is 3. The summed E-state index contributed by atoms with van der Waals surface area (Å²) in [5, 5.41) is 5.95. The summed E-state index contributed by atoms with van der Waals surface area (Å²) < 4.78 is 6.10. The van der Waals surface area contributed by atoms with Gasteiger partial charge in [0.25, 0.3) is 0 Å². The van der Waals surface area contributed by atoms with Gasteiger partial charge >= 0.3 is 0 Å². The second kappa shape index (κ2) is 5.73. The Hall–Kier alpha value is -1.75. The summed E-state index contributed by atoms with van der Waals surface area (Å²) in [6.07, 6.45) is 0. The predicted octanol–water partition coefficient (Wildman–Crippen LogP) is 3.61. The maximum Gasteiger partial charge on any atom is 0.221 e. The van der Waals surface area contributed by atoms with E-state index < -0.39 is 0 Å². The summed E-state index contributed by atoms with van der Waals surface area (Å²) in [6.45, 7) is 2.10. The monoisotopic (exact) mass is 308 g/mol. The highest BCUT2D eigenvalue weighted by Gasteiger charge is 2.00. The van der Waals surface area contributed by atoms with Gasteiger partial charge in [-0.3, -0.25) is 4.79 Å². The quantitative estimate of drug-likeness (QED) is 0.907. The molecule has 5 heteroatoms. The van der Waals surface area contributed by atoms with Gasteiger partial charge in [0, 0.05) is 18.3 Å². The number of furan rings is 1. The molecule has 94 valence electrons. The molecule has 1 heterocycles. The molecule has 18 heavy (non-hydrogen) atoms.